The Balaban J connectivity index is 1.69. The van der Waals surface area contributed by atoms with Crippen molar-refractivity contribution in [3.63, 3.8) is 0 Å². The Hall–Kier alpha value is -3.33. The predicted octanol–water partition coefficient (Wildman–Crippen LogP) is 5.83. The van der Waals surface area contributed by atoms with Crippen molar-refractivity contribution in [3.8, 4) is 5.75 Å². The summed E-state index contributed by atoms with van der Waals surface area (Å²) in [5, 5.41) is 9.96. The van der Waals surface area contributed by atoms with Gasteiger partial charge in [-0.05, 0) is 71.7 Å². The standard InChI is InChI=1S/C27H26O3/c1-2-30-26(29)17-10-19-8-11-21(12-9-19)27-24(20-6-4-3-5-7-20)15-13-22-18-23(28)14-16-25(22)27/h3-12,14,16-18,24,27-28H,2,13,15H2,1H3/t24-,27+/m1/s1. The molecule has 2 atom stereocenters. The first-order valence-electron chi connectivity index (χ1n) is 10.5. The lowest BCUT2D eigenvalue weighted by Gasteiger charge is -2.34. The van der Waals surface area contributed by atoms with E-state index in [2.05, 4.69) is 48.5 Å². The third-order valence-electron chi connectivity index (χ3n) is 5.81. The summed E-state index contributed by atoms with van der Waals surface area (Å²) in [6.45, 7) is 2.17. The number of benzene rings is 3. The van der Waals surface area contributed by atoms with Gasteiger partial charge in [0, 0.05) is 12.0 Å². The number of carbonyl (C=O) groups is 1. The Morgan fingerprint density at radius 2 is 1.80 bits per heavy atom. The molecule has 3 aromatic rings. The molecular formula is C27H26O3. The molecule has 3 aromatic carbocycles. The Bertz CT molecular complexity index is 1040. The molecular weight excluding hydrogens is 372 g/mol. The Morgan fingerprint density at radius 3 is 2.53 bits per heavy atom. The third-order valence-corrected chi connectivity index (χ3v) is 5.81. The van der Waals surface area contributed by atoms with E-state index >= 15 is 0 Å². The monoisotopic (exact) mass is 398 g/mol. The van der Waals surface area contributed by atoms with Crippen molar-refractivity contribution in [3.05, 3.63) is 107 Å². The molecule has 1 N–H and O–H groups in total. The van der Waals surface area contributed by atoms with Crippen LogP contribution in [0.15, 0.2) is 78.9 Å². The average Bonchev–Trinajstić information content (AvgIpc) is 2.78. The lowest BCUT2D eigenvalue weighted by atomic mass is 9.69. The van der Waals surface area contributed by atoms with Crippen molar-refractivity contribution in [1.82, 2.24) is 0 Å². The highest BCUT2D eigenvalue weighted by Crippen LogP contribution is 2.46. The summed E-state index contributed by atoms with van der Waals surface area (Å²) in [4.78, 5) is 11.6. The Morgan fingerprint density at radius 1 is 1.03 bits per heavy atom. The maximum Gasteiger partial charge on any atom is 0.330 e. The number of hydrogen-bond donors (Lipinski definition) is 1. The van der Waals surface area contributed by atoms with Gasteiger partial charge >= 0.3 is 5.97 Å². The van der Waals surface area contributed by atoms with Crippen molar-refractivity contribution >= 4 is 12.0 Å². The molecule has 0 amide bonds. The maximum absolute atomic E-state index is 11.6. The van der Waals surface area contributed by atoms with Gasteiger partial charge in [0.05, 0.1) is 6.61 Å². The number of esters is 1. The van der Waals surface area contributed by atoms with Crippen LogP contribution in [-0.4, -0.2) is 17.7 Å². The van der Waals surface area contributed by atoms with Crippen molar-refractivity contribution in [2.24, 2.45) is 0 Å². The summed E-state index contributed by atoms with van der Waals surface area (Å²) in [7, 11) is 0. The van der Waals surface area contributed by atoms with Crippen LogP contribution in [0.5, 0.6) is 5.75 Å². The highest BCUT2D eigenvalue weighted by atomic mass is 16.5. The van der Waals surface area contributed by atoms with E-state index in [1.807, 2.05) is 18.2 Å². The SMILES string of the molecule is CCOC(=O)C=Cc1ccc([C@@H]2c3ccc(O)cc3CC[C@@H]2c2ccccc2)cc1. The molecule has 152 valence electrons. The maximum atomic E-state index is 11.6. The zero-order chi connectivity index (χ0) is 20.9. The van der Waals surface area contributed by atoms with Gasteiger partial charge in [-0.15, -0.1) is 0 Å². The van der Waals surface area contributed by atoms with Gasteiger partial charge in [-0.25, -0.2) is 4.79 Å². The first kappa shape index (κ1) is 20.0. The predicted molar refractivity (Wildman–Crippen MR) is 120 cm³/mol. The van der Waals surface area contributed by atoms with Crippen molar-refractivity contribution in [2.45, 2.75) is 31.6 Å². The number of phenolic OH excluding ortho intramolecular Hbond substituents is 1. The largest absolute Gasteiger partial charge is 0.508 e. The molecule has 1 aliphatic carbocycles. The molecule has 3 nitrogen and oxygen atoms in total. The second kappa shape index (κ2) is 9.00. The minimum absolute atomic E-state index is 0.222. The molecule has 30 heavy (non-hydrogen) atoms. The summed E-state index contributed by atoms with van der Waals surface area (Å²) in [6.07, 6.45) is 5.24. The van der Waals surface area contributed by atoms with Crippen LogP contribution in [0.4, 0.5) is 0 Å². The third kappa shape index (κ3) is 4.30. The first-order chi connectivity index (χ1) is 14.7. The van der Waals surface area contributed by atoms with Crippen LogP contribution in [0.3, 0.4) is 0 Å². The van der Waals surface area contributed by atoms with E-state index in [9.17, 15) is 9.90 Å². The number of phenols is 1. The minimum atomic E-state index is -0.327. The zero-order valence-corrected chi connectivity index (χ0v) is 17.1. The molecule has 0 aliphatic heterocycles. The molecule has 0 bridgehead atoms. The number of rotatable bonds is 5. The van der Waals surface area contributed by atoms with Crippen LogP contribution in [-0.2, 0) is 16.0 Å². The number of aryl methyl sites for hydroxylation is 1. The summed E-state index contributed by atoms with van der Waals surface area (Å²) in [5.74, 6) is 0.598. The summed E-state index contributed by atoms with van der Waals surface area (Å²) in [6, 6.07) is 24.8. The van der Waals surface area contributed by atoms with Crippen molar-refractivity contribution in [1.29, 1.82) is 0 Å². The van der Waals surface area contributed by atoms with Crippen molar-refractivity contribution in [2.75, 3.05) is 6.61 Å². The summed E-state index contributed by atoms with van der Waals surface area (Å²) >= 11 is 0. The fraction of sp³-hybridized carbons (Fsp3) is 0.222. The highest BCUT2D eigenvalue weighted by molar-refractivity contribution is 5.87. The quantitative estimate of drug-likeness (QED) is 0.434. The van der Waals surface area contributed by atoms with E-state index in [1.165, 1.54) is 28.3 Å². The highest BCUT2D eigenvalue weighted by Gasteiger charge is 2.32. The van der Waals surface area contributed by atoms with E-state index < -0.39 is 0 Å². The zero-order valence-electron chi connectivity index (χ0n) is 17.1. The molecule has 0 saturated carbocycles. The second-order valence-corrected chi connectivity index (χ2v) is 7.67. The van der Waals surface area contributed by atoms with Gasteiger partial charge in [0.1, 0.15) is 5.75 Å². The molecule has 0 spiro atoms. The lowest BCUT2D eigenvalue weighted by Crippen LogP contribution is -2.20. The minimum Gasteiger partial charge on any atom is -0.508 e. The topological polar surface area (TPSA) is 46.5 Å². The van der Waals surface area contributed by atoms with Crippen LogP contribution in [0, 0.1) is 0 Å². The smallest absolute Gasteiger partial charge is 0.330 e. The average molecular weight is 399 g/mol. The molecule has 0 aromatic heterocycles. The van der Waals surface area contributed by atoms with Crippen LogP contribution < -0.4 is 0 Å². The molecule has 1 aliphatic rings. The molecule has 0 radical (unpaired) electrons. The molecule has 0 fully saturated rings. The second-order valence-electron chi connectivity index (χ2n) is 7.67. The number of ether oxygens (including phenoxy) is 1. The van der Waals surface area contributed by atoms with E-state index in [-0.39, 0.29) is 11.9 Å². The number of aromatic hydroxyl groups is 1. The van der Waals surface area contributed by atoms with Crippen LogP contribution in [0.2, 0.25) is 0 Å². The van der Waals surface area contributed by atoms with Gasteiger partial charge < -0.3 is 9.84 Å². The summed E-state index contributed by atoms with van der Waals surface area (Å²) < 4.78 is 4.95. The molecule has 0 heterocycles. The van der Waals surface area contributed by atoms with E-state index in [1.54, 1.807) is 19.1 Å². The molecule has 0 saturated heterocycles. The lowest BCUT2D eigenvalue weighted by molar-refractivity contribution is -0.137. The number of carbonyl (C=O) groups excluding carboxylic acids is 1. The van der Waals surface area contributed by atoms with Gasteiger partial charge in [-0.1, -0.05) is 60.7 Å². The molecule has 3 heteroatoms. The summed E-state index contributed by atoms with van der Waals surface area (Å²) in [5.41, 5.74) is 6.04. The van der Waals surface area contributed by atoms with Gasteiger partial charge in [-0.3, -0.25) is 0 Å². The van der Waals surface area contributed by atoms with Gasteiger partial charge in [-0.2, -0.15) is 0 Å². The normalized spacial score (nSPS) is 18.2. The van der Waals surface area contributed by atoms with E-state index in [0.717, 1.165) is 18.4 Å². The van der Waals surface area contributed by atoms with Gasteiger partial charge in [0.2, 0.25) is 0 Å². The van der Waals surface area contributed by atoms with Gasteiger partial charge in [0.15, 0.2) is 0 Å². The number of fused-ring (bicyclic) bond motifs is 1. The fourth-order valence-electron chi connectivity index (χ4n) is 4.45. The van der Waals surface area contributed by atoms with Crippen LogP contribution in [0.25, 0.3) is 6.08 Å². The van der Waals surface area contributed by atoms with Crippen LogP contribution >= 0.6 is 0 Å². The van der Waals surface area contributed by atoms with E-state index in [0.29, 0.717) is 18.3 Å². The molecule has 0 unspecified atom stereocenters. The molecule has 4 rings (SSSR count). The Kier molecular flexibility index (Phi) is 5.99. The Labute approximate surface area is 177 Å². The van der Waals surface area contributed by atoms with Gasteiger partial charge in [0.25, 0.3) is 0 Å². The fourth-order valence-corrected chi connectivity index (χ4v) is 4.45. The van der Waals surface area contributed by atoms with Crippen molar-refractivity contribution < 1.29 is 14.6 Å². The van der Waals surface area contributed by atoms with E-state index in [4.69, 9.17) is 4.74 Å². The first-order valence-corrected chi connectivity index (χ1v) is 10.5. The van der Waals surface area contributed by atoms with Crippen LogP contribution in [0.1, 0.15) is 53.0 Å². The number of hydrogen-bond acceptors (Lipinski definition) is 3.